The van der Waals surface area contributed by atoms with Crippen molar-refractivity contribution in [2.45, 2.75) is 25.7 Å². The highest BCUT2D eigenvalue weighted by atomic mass is 35.5. The number of nitrogens with two attached hydrogens (primary N) is 1. The van der Waals surface area contributed by atoms with Crippen LogP contribution in [0.5, 0.6) is 0 Å². The molecule has 4 nitrogen and oxygen atoms in total. The number of allylic oxidation sites excluding steroid dienone is 2. The van der Waals surface area contributed by atoms with Crippen LogP contribution in [0.2, 0.25) is 0 Å². The Morgan fingerprint density at radius 2 is 2.16 bits per heavy atom. The number of benzene rings is 1. The number of hydrogen-bond acceptors (Lipinski definition) is 4. The summed E-state index contributed by atoms with van der Waals surface area (Å²) in [6.45, 7) is 8.13. The third-order valence-electron chi connectivity index (χ3n) is 3.79. The van der Waals surface area contributed by atoms with E-state index in [1.54, 1.807) is 6.20 Å². The van der Waals surface area contributed by atoms with Crippen molar-refractivity contribution < 1.29 is 0 Å². The van der Waals surface area contributed by atoms with Crippen LogP contribution in [0.1, 0.15) is 30.4 Å². The van der Waals surface area contributed by atoms with Crippen LogP contribution in [0.4, 0.5) is 0 Å². The van der Waals surface area contributed by atoms with E-state index in [-0.39, 0.29) is 5.17 Å². The highest BCUT2D eigenvalue weighted by Gasteiger charge is 2.09. The summed E-state index contributed by atoms with van der Waals surface area (Å²) in [4.78, 5) is 5.13. The van der Waals surface area contributed by atoms with Gasteiger partial charge in [-0.15, -0.1) is 0 Å². The molecule has 1 aromatic heterocycles. The molecule has 2 rings (SSSR count). The Hall–Kier alpha value is -2.29. The second-order valence-corrected chi connectivity index (χ2v) is 6.93. The van der Waals surface area contributed by atoms with Crippen molar-refractivity contribution in [1.82, 2.24) is 4.98 Å². The van der Waals surface area contributed by atoms with Gasteiger partial charge < -0.3 is 5.73 Å². The zero-order valence-electron chi connectivity index (χ0n) is 13.8. The molecule has 1 aromatic carbocycles. The van der Waals surface area contributed by atoms with E-state index < -0.39 is 0 Å². The fourth-order valence-electron chi connectivity index (χ4n) is 2.53. The van der Waals surface area contributed by atoms with Gasteiger partial charge in [0.05, 0.1) is 6.07 Å². The number of aryl methyl sites for hydroxylation is 1. The first kappa shape index (κ1) is 19.0. The molecular weight excluding hydrogens is 352 g/mol. The molecule has 0 aliphatic heterocycles. The third kappa shape index (κ3) is 5.35. The van der Waals surface area contributed by atoms with Gasteiger partial charge in [0.2, 0.25) is 0 Å². The number of hydrogen-bond donors (Lipinski definition) is 1. The first-order chi connectivity index (χ1) is 12.0. The lowest BCUT2D eigenvalue weighted by Gasteiger charge is -2.12. The van der Waals surface area contributed by atoms with E-state index in [1.165, 1.54) is 17.3 Å². The fourth-order valence-corrected chi connectivity index (χ4v) is 3.16. The summed E-state index contributed by atoms with van der Waals surface area (Å²) in [5.41, 5.74) is 8.81. The molecule has 6 heteroatoms. The second kappa shape index (κ2) is 9.26. The number of thioether (sulfide) groups is 1. The van der Waals surface area contributed by atoms with Crippen LogP contribution in [-0.4, -0.2) is 10.2 Å². The van der Waals surface area contributed by atoms with Crippen LogP contribution in [0, 0.1) is 11.3 Å². The van der Waals surface area contributed by atoms with Crippen molar-refractivity contribution in [3.05, 3.63) is 59.8 Å². The minimum atomic E-state index is 0.289. The minimum Gasteiger partial charge on any atom is -0.377 e. The van der Waals surface area contributed by atoms with Gasteiger partial charge in [-0.25, -0.2) is 0 Å². The van der Waals surface area contributed by atoms with Gasteiger partial charge in [-0.2, -0.15) is 9.77 Å². The van der Waals surface area contributed by atoms with E-state index in [2.05, 4.69) is 40.9 Å². The number of rotatable bonds is 7. The summed E-state index contributed by atoms with van der Waals surface area (Å²) in [5.74, 6) is 0. The lowest BCUT2D eigenvalue weighted by Crippen LogP contribution is -2.05. The molecule has 2 aromatic rings. The maximum Gasteiger partial charge on any atom is 0.176 e. The summed E-state index contributed by atoms with van der Waals surface area (Å²) in [6, 6.07) is 8.38. The normalized spacial score (nSPS) is 11.3. The smallest absolute Gasteiger partial charge is 0.176 e. The highest BCUT2D eigenvalue weighted by molar-refractivity contribution is 8.17. The van der Waals surface area contributed by atoms with Gasteiger partial charge in [-0.05, 0) is 58.4 Å². The Balaban J connectivity index is 2.26. The summed E-state index contributed by atoms with van der Waals surface area (Å²) in [7, 11) is 0. The Labute approximate surface area is 157 Å². The molecular formula is C19H19ClN4S. The summed E-state index contributed by atoms with van der Waals surface area (Å²) < 4.78 is 3.42. The molecule has 0 unspecified atom stereocenters. The molecule has 0 aliphatic rings. The Morgan fingerprint density at radius 3 is 2.88 bits per heavy atom. The molecule has 1 heterocycles. The molecule has 0 fully saturated rings. The van der Waals surface area contributed by atoms with Crippen LogP contribution in [0.3, 0.4) is 0 Å². The maximum absolute atomic E-state index is 8.79. The lowest BCUT2D eigenvalue weighted by molar-refractivity contribution is 1.000. The summed E-state index contributed by atoms with van der Waals surface area (Å²) in [5, 5.41) is 11.3. The number of fused-ring (bicyclic) bond motifs is 1. The van der Waals surface area contributed by atoms with Gasteiger partial charge >= 0.3 is 0 Å². The maximum atomic E-state index is 8.79. The van der Waals surface area contributed by atoms with E-state index >= 15 is 0 Å². The van der Waals surface area contributed by atoms with Crippen LogP contribution in [0.25, 0.3) is 16.3 Å². The van der Waals surface area contributed by atoms with E-state index in [0.29, 0.717) is 12.8 Å². The van der Waals surface area contributed by atoms with Gasteiger partial charge in [-0.3, -0.25) is 4.98 Å². The lowest BCUT2D eigenvalue weighted by atomic mass is 9.94. The van der Waals surface area contributed by atoms with Gasteiger partial charge in [-0.1, -0.05) is 31.0 Å². The van der Waals surface area contributed by atoms with Crippen molar-refractivity contribution in [2.75, 3.05) is 0 Å². The van der Waals surface area contributed by atoms with Gasteiger partial charge in [0.1, 0.15) is 0 Å². The minimum absolute atomic E-state index is 0.289. The molecule has 128 valence electrons. The Morgan fingerprint density at radius 1 is 1.36 bits per heavy atom. The fraction of sp³-hybridized carbons (Fsp3) is 0.211. The zero-order valence-corrected chi connectivity index (χ0v) is 15.4. The average molecular weight is 371 g/mol. The molecule has 0 atom stereocenters. The molecule has 0 saturated carbocycles. The van der Waals surface area contributed by atoms with Crippen LogP contribution in [0.15, 0.2) is 53.2 Å². The highest BCUT2D eigenvalue weighted by Crippen LogP contribution is 2.28. The largest absolute Gasteiger partial charge is 0.377 e. The monoisotopic (exact) mass is 370 g/mol. The van der Waals surface area contributed by atoms with Crippen LogP contribution in [-0.2, 0) is 6.42 Å². The number of aromatic nitrogens is 1. The van der Waals surface area contributed by atoms with Crippen molar-refractivity contribution in [3.63, 3.8) is 0 Å². The molecule has 0 aliphatic carbocycles. The predicted molar refractivity (Wildman–Crippen MR) is 108 cm³/mol. The number of amidine groups is 1. The summed E-state index contributed by atoms with van der Waals surface area (Å²) in [6.07, 6.45) is 6.32. The predicted octanol–water partition coefficient (Wildman–Crippen LogP) is 5.20. The standard InChI is InChI=1S/C19H19ClN4S/c1-13(4-3-8-21)17-10-15(6-5-14(2)25-19(22)24-20)18-12-23-9-7-16(18)11-17/h7,9-12H,1-6H2,(H2,22,24). The topological polar surface area (TPSA) is 75.1 Å². The first-order valence-electron chi connectivity index (χ1n) is 7.77. The van der Waals surface area contributed by atoms with E-state index in [9.17, 15) is 0 Å². The first-order valence-corrected chi connectivity index (χ1v) is 8.92. The van der Waals surface area contributed by atoms with E-state index in [1.807, 2.05) is 12.3 Å². The van der Waals surface area contributed by atoms with Crippen LogP contribution < -0.4 is 5.73 Å². The second-order valence-electron chi connectivity index (χ2n) is 5.56. The molecule has 2 N–H and O–H groups in total. The van der Waals surface area contributed by atoms with Crippen molar-refractivity contribution in [3.8, 4) is 6.07 Å². The Kier molecular flexibility index (Phi) is 7.05. The molecule has 0 saturated heterocycles. The third-order valence-corrected chi connectivity index (χ3v) is 4.87. The number of pyridine rings is 1. The van der Waals surface area contributed by atoms with Gasteiger partial charge in [0.15, 0.2) is 5.17 Å². The molecule has 0 amide bonds. The molecule has 0 radical (unpaired) electrons. The van der Waals surface area contributed by atoms with Gasteiger partial charge in [0.25, 0.3) is 0 Å². The number of nitrogens with zero attached hydrogens (tertiary/aromatic N) is 3. The van der Waals surface area contributed by atoms with Crippen molar-refractivity contribution in [2.24, 2.45) is 10.2 Å². The van der Waals surface area contributed by atoms with Crippen molar-refractivity contribution >= 4 is 45.1 Å². The molecule has 0 bridgehead atoms. The average Bonchev–Trinajstić information content (AvgIpc) is 2.63. The Bertz CT molecular complexity index is 867. The SMILES string of the molecule is C=C(CCc1cc(C(=C)CCC#N)cc2ccncc12)SC(N)=NCl. The van der Waals surface area contributed by atoms with Crippen molar-refractivity contribution in [1.29, 1.82) is 5.26 Å². The molecule has 0 spiro atoms. The molecule has 25 heavy (non-hydrogen) atoms. The van der Waals surface area contributed by atoms with E-state index in [4.69, 9.17) is 22.8 Å². The van der Waals surface area contributed by atoms with E-state index in [0.717, 1.165) is 39.7 Å². The number of halogens is 1. The number of nitriles is 1. The van der Waals surface area contributed by atoms with Crippen LogP contribution >= 0.6 is 23.5 Å². The quantitative estimate of drug-likeness (QED) is 0.536. The van der Waals surface area contributed by atoms with Gasteiger partial charge in [0, 0.05) is 36.0 Å². The zero-order chi connectivity index (χ0) is 18.2. The summed E-state index contributed by atoms with van der Waals surface area (Å²) >= 11 is 6.63.